The van der Waals surface area contributed by atoms with Crippen molar-refractivity contribution in [1.82, 2.24) is 19.7 Å². The largest absolute Gasteiger partial charge is 0.379 e. The van der Waals surface area contributed by atoms with Crippen LogP contribution >= 0.6 is 0 Å². The minimum Gasteiger partial charge on any atom is -0.379 e. The Morgan fingerprint density at radius 2 is 2.07 bits per heavy atom. The van der Waals surface area contributed by atoms with Gasteiger partial charge in [-0.25, -0.2) is 9.37 Å². The van der Waals surface area contributed by atoms with Crippen molar-refractivity contribution in [3.8, 4) is 0 Å². The molecule has 0 bridgehead atoms. The van der Waals surface area contributed by atoms with Gasteiger partial charge in [-0.05, 0) is 55.5 Å². The molecular formula is C31H34FN5O5. The van der Waals surface area contributed by atoms with Gasteiger partial charge in [-0.2, -0.15) is 0 Å². The van der Waals surface area contributed by atoms with Gasteiger partial charge >= 0.3 is 0 Å². The van der Waals surface area contributed by atoms with E-state index in [1.807, 2.05) is 19.9 Å². The van der Waals surface area contributed by atoms with Gasteiger partial charge in [0.15, 0.2) is 11.9 Å². The number of aromatic nitrogens is 4. The molecule has 1 atom stereocenters. The summed E-state index contributed by atoms with van der Waals surface area (Å²) in [5.74, 6) is -0.129. The third-order valence-corrected chi connectivity index (χ3v) is 6.46. The van der Waals surface area contributed by atoms with Crippen LogP contribution in [0.25, 0.3) is 17.8 Å². The van der Waals surface area contributed by atoms with Crippen LogP contribution in [0.3, 0.4) is 0 Å². The number of hydrogen-bond acceptors (Lipinski definition) is 8. The van der Waals surface area contributed by atoms with Crippen molar-refractivity contribution in [3.63, 3.8) is 0 Å². The molecule has 0 saturated carbocycles. The Bertz CT molecular complexity index is 1640. The highest BCUT2D eigenvalue weighted by Gasteiger charge is 2.18. The van der Waals surface area contributed by atoms with E-state index in [4.69, 9.17) is 9.51 Å². The van der Waals surface area contributed by atoms with Crippen LogP contribution in [0.15, 0.2) is 70.0 Å². The third kappa shape index (κ3) is 8.20. The molecular weight excluding hydrogens is 541 g/mol. The van der Waals surface area contributed by atoms with Crippen molar-refractivity contribution in [2.45, 2.75) is 64.9 Å². The molecule has 1 unspecified atom stereocenters. The van der Waals surface area contributed by atoms with Crippen molar-refractivity contribution in [1.29, 1.82) is 0 Å². The van der Waals surface area contributed by atoms with Gasteiger partial charge in [0, 0.05) is 42.4 Å². The summed E-state index contributed by atoms with van der Waals surface area (Å²) in [6.45, 7) is 7.67. The van der Waals surface area contributed by atoms with Gasteiger partial charge in [-0.3, -0.25) is 19.1 Å². The fourth-order valence-electron chi connectivity index (χ4n) is 4.26. The number of amides is 1. The number of nitroso groups, excluding NO2 is 1. The first kappa shape index (κ1) is 31.9. The zero-order chi connectivity index (χ0) is 30.5. The van der Waals surface area contributed by atoms with E-state index in [-0.39, 0.29) is 24.2 Å². The summed E-state index contributed by atoms with van der Waals surface area (Å²) in [6, 6.07) is 5.26. The van der Waals surface area contributed by atoms with Gasteiger partial charge in [0.25, 0.3) is 11.5 Å². The van der Waals surface area contributed by atoms with Crippen molar-refractivity contribution >= 4 is 23.8 Å². The number of hydrogen-bond donors (Lipinski definition) is 1. The average Bonchev–Trinajstić information content (AvgIpc) is 3.49. The Balaban J connectivity index is 2.01. The molecule has 0 aliphatic rings. The highest BCUT2D eigenvalue weighted by Crippen LogP contribution is 2.21. The fraction of sp³-hybridized carbons (Fsp3) is 0.323. The first-order chi connectivity index (χ1) is 20.4. The molecule has 220 valence electrons. The second-order valence-electron chi connectivity index (χ2n) is 9.36. The molecule has 11 heteroatoms. The van der Waals surface area contributed by atoms with Gasteiger partial charge < -0.3 is 9.63 Å². The number of halogens is 1. The first-order valence-corrected chi connectivity index (χ1v) is 13.7. The Morgan fingerprint density at radius 3 is 2.71 bits per heavy atom. The van der Waals surface area contributed by atoms with Gasteiger partial charge in [-0.1, -0.05) is 43.8 Å². The Kier molecular flexibility index (Phi) is 12.1. The number of pyridine rings is 1. The van der Waals surface area contributed by atoms with Gasteiger partial charge in [-0.15, -0.1) is 4.91 Å². The Morgan fingerprint density at radius 1 is 1.26 bits per heavy atom. The van der Waals surface area contributed by atoms with E-state index in [1.54, 1.807) is 30.5 Å². The molecule has 0 radical (unpaired) electrons. The summed E-state index contributed by atoms with van der Waals surface area (Å²) >= 11 is 0. The molecule has 0 aromatic carbocycles. The van der Waals surface area contributed by atoms with Gasteiger partial charge in [0.1, 0.15) is 5.82 Å². The Hall–Kier alpha value is -4.64. The lowest BCUT2D eigenvalue weighted by molar-refractivity contribution is -0.118. The minimum absolute atomic E-state index is 0.0121. The SMILES string of the molecule is C=C/C(=C\C=C\F)n1c(CCCCC(=O)N=O)nc(=C/Cc2cc(C(O)c3ccc(CC)cn3)on2)/c(=C\CC)c1=O. The predicted molar refractivity (Wildman–Crippen MR) is 158 cm³/mol. The zero-order valence-electron chi connectivity index (χ0n) is 23.7. The third-order valence-electron chi connectivity index (χ3n) is 6.46. The maximum atomic E-state index is 13.7. The van der Waals surface area contributed by atoms with Crippen LogP contribution in [-0.4, -0.2) is 30.7 Å². The van der Waals surface area contributed by atoms with Crippen LogP contribution < -0.4 is 16.1 Å². The van der Waals surface area contributed by atoms with Crippen molar-refractivity contribution in [2.75, 3.05) is 0 Å². The molecule has 1 N–H and O–H groups in total. The highest BCUT2D eigenvalue weighted by atomic mass is 19.1. The molecule has 3 rings (SSSR count). The first-order valence-electron chi connectivity index (χ1n) is 13.7. The predicted octanol–water partition coefficient (Wildman–Crippen LogP) is 4.00. The lowest BCUT2D eigenvalue weighted by Crippen LogP contribution is -2.48. The van der Waals surface area contributed by atoms with E-state index >= 15 is 0 Å². The highest BCUT2D eigenvalue weighted by molar-refractivity contribution is 5.76. The molecule has 0 aliphatic heterocycles. The van der Waals surface area contributed by atoms with Crippen LogP contribution in [0.2, 0.25) is 0 Å². The number of aryl methyl sites for hydroxylation is 2. The molecule has 3 aromatic heterocycles. The topological polar surface area (TPSA) is 141 Å². The molecule has 3 heterocycles. The van der Waals surface area contributed by atoms with E-state index < -0.39 is 12.0 Å². The number of aliphatic hydroxyl groups excluding tert-OH is 1. The standard InChI is InChI=1S/C31H34FN5O5/c1-4-10-24-25(17-15-22-19-27(42-36-22)30(39)26-16-14-21(5-2)20-33-26)34-28(12-7-8-13-29(38)35-41)37(31(24)40)23(6-3)11-9-18-32/h6,9-11,14,16-20,30,39H,3-5,7-8,12-13,15H2,1-2H3/b18-9+,23-11+,24-10+,25-17+. The van der Waals surface area contributed by atoms with E-state index in [2.05, 4.69) is 21.9 Å². The maximum Gasteiger partial charge on any atom is 0.286 e. The number of allylic oxidation sites excluding steroid dienone is 4. The second kappa shape index (κ2) is 16.0. The lowest BCUT2D eigenvalue weighted by Gasteiger charge is -2.13. The summed E-state index contributed by atoms with van der Waals surface area (Å²) in [5, 5.41) is 18.0. The number of aliphatic hydroxyl groups is 1. The molecule has 0 saturated heterocycles. The molecule has 1 amide bonds. The number of unbranched alkanes of at least 4 members (excludes halogenated alkanes) is 1. The molecule has 3 aromatic rings. The van der Waals surface area contributed by atoms with Gasteiger partial charge in [0.05, 0.1) is 28.3 Å². The monoisotopic (exact) mass is 575 g/mol. The molecule has 0 spiro atoms. The molecule has 0 fully saturated rings. The van der Waals surface area contributed by atoms with Crippen molar-refractivity contribution < 1.29 is 18.8 Å². The number of rotatable bonds is 14. The zero-order valence-corrected chi connectivity index (χ0v) is 23.7. The fourth-order valence-corrected chi connectivity index (χ4v) is 4.26. The quantitative estimate of drug-likeness (QED) is 0.173. The smallest absolute Gasteiger partial charge is 0.286 e. The minimum atomic E-state index is -1.08. The Labute approximate surface area is 242 Å². The number of carbonyl (C=O) groups is 1. The molecule has 42 heavy (non-hydrogen) atoms. The second-order valence-corrected chi connectivity index (χ2v) is 9.36. The van der Waals surface area contributed by atoms with E-state index in [0.29, 0.717) is 65.5 Å². The molecule has 0 aliphatic carbocycles. The van der Waals surface area contributed by atoms with Crippen LogP contribution in [-0.2, 0) is 24.1 Å². The van der Waals surface area contributed by atoms with Gasteiger partial charge in [0.2, 0.25) is 0 Å². The summed E-state index contributed by atoms with van der Waals surface area (Å²) in [4.78, 5) is 44.5. The molecule has 10 nitrogen and oxygen atoms in total. The normalized spacial score (nSPS) is 13.6. The van der Waals surface area contributed by atoms with E-state index in [9.17, 15) is 24.0 Å². The van der Waals surface area contributed by atoms with Crippen LogP contribution in [0.1, 0.15) is 74.2 Å². The number of nitrogens with zero attached hydrogens (tertiary/aromatic N) is 5. The maximum absolute atomic E-state index is 13.7. The lowest BCUT2D eigenvalue weighted by atomic mass is 10.1. The van der Waals surface area contributed by atoms with Crippen LogP contribution in [0.5, 0.6) is 0 Å². The summed E-state index contributed by atoms with van der Waals surface area (Å²) < 4.78 is 19.5. The van der Waals surface area contributed by atoms with Crippen LogP contribution in [0, 0.1) is 4.91 Å². The summed E-state index contributed by atoms with van der Waals surface area (Å²) in [5.41, 5.74) is 1.97. The van der Waals surface area contributed by atoms with Crippen molar-refractivity contribution in [3.05, 3.63) is 110 Å². The number of carbonyl (C=O) groups excluding carboxylic acids is 1. The summed E-state index contributed by atoms with van der Waals surface area (Å²) in [6.07, 6.45) is 11.2. The van der Waals surface area contributed by atoms with Crippen molar-refractivity contribution in [2.24, 2.45) is 5.18 Å². The van der Waals surface area contributed by atoms with Crippen LogP contribution in [0.4, 0.5) is 4.39 Å². The average molecular weight is 576 g/mol. The van der Waals surface area contributed by atoms with E-state index in [0.717, 1.165) is 18.1 Å². The van der Waals surface area contributed by atoms with E-state index in [1.165, 1.54) is 16.7 Å². The summed E-state index contributed by atoms with van der Waals surface area (Å²) in [7, 11) is 0.